The molecule has 0 N–H and O–H groups in total. The van der Waals surface area contributed by atoms with Gasteiger partial charge in [-0.1, -0.05) is 19.3 Å². The molecule has 0 spiro atoms. The molecular weight excluding hydrogens is 250 g/mol. The molecule has 0 radical (unpaired) electrons. The Balaban J connectivity index is 1.93. The Kier molecular flexibility index (Phi) is 3.55. The van der Waals surface area contributed by atoms with Crippen LogP contribution in [0.4, 0.5) is 0 Å². The third kappa shape index (κ3) is 2.14. The molecule has 1 saturated carbocycles. The Hall–Kier alpha value is -1.35. The summed E-state index contributed by atoms with van der Waals surface area (Å²) in [6, 6.07) is 5.94. The molecule has 0 saturated heterocycles. The van der Waals surface area contributed by atoms with Gasteiger partial charge in [0.15, 0.2) is 5.78 Å². The van der Waals surface area contributed by atoms with E-state index in [1.165, 1.54) is 12.0 Å². The van der Waals surface area contributed by atoms with Gasteiger partial charge in [0.2, 0.25) is 0 Å². The van der Waals surface area contributed by atoms with E-state index in [9.17, 15) is 4.79 Å². The van der Waals surface area contributed by atoms with Crippen molar-refractivity contribution in [3.8, 4) is 5.75 Å². The predicted octanol–water partition coefficient (Wildman–Crippen LogP) is 3.07. The zero-order chi connectivity index (χ0) is 14.2. The molecular formula is C17H23NO2. The van der Waals surface area contributed by atoms with Crippen molar-refractivity contribution in [2.75, 3.05) is 20.7 Å². The van der Waals surface area contributed by atoms with Gasteiger partial charge in [-0.25, -0.2) is 0 Å². The normalized spacial score (nSPS) is 20.6. The molecule has 0 unspecified atom stereocenters. The van der Waals surface area contributed by atoms with Gasteiger partial charge in [0.05, 0.1) is 12.1 Å². The number of ether oxygens (including phenoxy) is 1. The largest absolute Gasteiger partial charge is 0.493 e. The number of Topliss-reactive ketones (excluding diaryl/α,β-unsaturated/α-hetero) is 1. The number of nitrogens with zero attached hydrogens (tertiary/aromatic N) is 1. The second kappa shape index (κ2) is 5.21. The van der Waals surface area contributed by atoms with E-state index in [1.807, 2.05) is 32.3 Å². The molecule has 1 heterocycles. The summed E-state index contributed by atoms with van der Waals surface area (Å²) in [5.74, 6) is 1.24. The van der Waals surface area contributed by atoms with Crippen molar-refractivity contribution in [3.63, 3.8) is 0 Å². The Bertz CT molecular complexity index is 516. The quantitative estimate of drug-likeness (QED) is 0.793. The van der Waals surface area contributed by atoms with Crippen molar-refractivity contribution < 1.29 is 9.53 Å². The number of benzene rings is 1. The third-order valence-corrected chi connectivity index (χ3v) is 4.91. The van der Waals surface area contributed by atoms with Crippen LogP contribution in [-0.4, -0.2) is 36.9 Å². The third-order valence-electron chi connectivity index (χ3n) is 4.91. The van der Waals surface area contributed by atoms with E-state index < -0.39 is 0 Å². The Morgan fingerprint density at radius 3 is 2.65 bits per heavy atom. The second-order valence-corrected chi connectivity index (χ2v) is 6.24. The van der Waals surface area contributed by atoms with Crippen LogP contribution >= 0.6 is 0 Å². The predicted molar refractivity (Wildman–Crippen MR) is 79.5 cm³/mol. The maximum atomic E-state index is 13.1. The average Bonchev–Trinajstić information content (AvgIpc) is 2.94. The summed E-state index contributed by atoms with van der Waals surface area (Å²) < 4.78 is 5.53. The van der Waals surface area contributed by atoms with Crippen molar-refractivity contribution in [2.45, 2.75) is 44.1 Å². The first-order valence-electron chi connectivity index (χ1n) is 7.61. The zero-order valence-electron chi connectivity index (χ0n) is 12.4. The van der Waals surface area contributed by atoms with Crippen molar-refractivity contribution in [1.29, 1.82) is 0 Å². The fourth-order valence-electron chi connectivity index (χ4n) is 3.61. The molecule has 1 aliphatic heterocycles. The molecule has 3 rings (SSSR count). The van der Waals surface area contributed by atoms with Crippen LogP contribution in [0.3, 0.4) is 0 Å². The summed E-state index contributed by atoms with van der Waals surface area (Å²) in [6.07, 6.45) is 6.43. The monoisotopic (exact) mass is 273 g/mol. The van der Waals surface area contributed by atoms with Crippen molar-refractivity contribution in [3.05, 3.63) is 29.3 Å². The lowest BCUT2D eigenvalue weighted by molar-refractivity contribution is 0.0564. The molecule has 2 aliphatic rings. The molecule has 20 heavy (non-hydrogen) atoms. The minimum atomic E-state index is -0.300. The topological polar surface area (TPSA) is 29.5 Å². The Morgan fingerprint density at radius 2 is 1.95 bits per heavy atom. The van der Waals surface area contributed by atoms with Crippen LogP contribution in [0.25, 0.3) is 0 Å². The molecule has 1 aliphatic carbocycles. The number of likely N-dealkylation sites (N-methyl/N-ethyl adjacent to an activating group) is 1. The first kappa shape index (κ1) is 13.6. The van der Waals surface area contributed by atoms with Crippen LogP contribution < -0.4 is 4.74 Å². The highest BCUT2D eigenvalue weighted by Gasteiger charge is 2.41. The molecule has 0 atom stereocenters. The number of hydrogen-bond donors (Lipinski definition) is 0. The first-order valence-corrected chi connectivity index (χ1v) is 7.61. The summed E-state index contributed by atoms with van der Waals surface area (Å²) in [6.45, 7) is 0.742. The smallest absolute Gasteiger partial charge is 0.183 e. The summed E-state index contributed by atoms with van der Waals surface area (Å²) >= 11 is 0. The van der Waals surface area contributed by atoms with Crippen LogP contribution in [0.15, 0.2) is 18.2 Å². The van der Waals surface area contributed by atoms with E-state index in [-0.39, 0.29) is 11.3 Å². The SMILES string of the molecule is CN(C)C1(C(=O)c2ccc3c(c2)CCO3)CCCCC1. The number of ketones is 1. The van der Waals surface area contributed by atoms with Gasteiger partial charge in [-0.2, -0.15) is 0 Å². The molecule has 3 nitrogen and oxygen atoms in total. The molecule has 0 aromatic heterocycles. The molecule has 0 amide bonds. The number of hydrogen-bond acceptors (Lipinski definition) is 3. The van der Waals surface area contributed by atoms with Gasteiger partial charge in [0, 0.05) is 12.0 Å². The van der Waals surface area contributed by atoms with Crippen LogP contribution in [0.2, 0.25) is 0 Å². The molecule has 0 bridgehead atoms. The van der Waals surface area contributed by atoms with E-state index in [0.717, 1.165) is 50.0 Å². The fourth-order valence-corrected chi connectivity index (χ4v) is 3.61. The van der Waals surface area contributed by atoms with Crippen LogP contribution in [-0.2, 0) is 6.42 Å². The summed E-state index contributed by atoms with van der Waals surface area (Å²) in [4.78, 5) is 15.2. The van der Waals surface area contributed by atoms with Crippen LogP contribution in [0, 0.1) is 0 Å². The minimum absolute atomic E-state index is 0.289. The van der Waals surface area contributed by atoms with Crippen molar-refractivity contribution >= 4 is 5.78 Å². The van der Waals surface area contributed by atoms with E-state index in [4.69, 9.17) is 4.74 Å². The number of rotatable bonds is 3. The van der Waals surface area contributed by atoms with Crippen molar-refractivity contribution in [2.24, 2.45) is 0 Å². The van der Waals surface area contributed by atoms with Gasteiger partial charge < -0.3 is 4.74 Å². The lowest BCUT2D eigenvalue weighted by Gasteiger charge is -2.41. The van der Waals surface area contributed by atoms with E-state index in [2.05, 4.69) is 4.90 Å². The van der Waals surface area contributed by atoms with E-state index in [1.54, 1.807) is 0 Å². The first-order chi connectivity index (χ1) is 9.63. The highest BCUT2D eigenvalue weighted by molar-refractivity contribution is 6.03. The number of carbonyl (C=O) groups is 1. The lowest BCUT2D eigenvalue weighted by atomic mass is 9.75. The van der Waals surface area contributed by atoms with Crippen molar-refractivity contribution in [1.82, 2.24) is 4.90 Å². The lowest BCUT2D eigenvalue weighted by Crippen LogP contribution is -2.52. The number of fused-ring (bicyclic) bond motifs is 1. The van der Waals surface area contributed by atoms with Gasteiger partial charge in [0.1, 0.15) is 5.75 Å². The Labute approximate surface area is 120 Å². The number of carbonyl (C=O) groups excluding carboxylic acids is 1. The molecule has 108 valence electrons. The summed E-state index contributed by atoms with van der Waals surface area (Å²) in [5, 5.41) is 0. The van der Waals surface area contributed by atoms with Crippen LogP contribution in [0.1, 0.15) is 48.0 Å². The summed E-state index contributed by atoms with van der Waals surface area (Å²) in [7, 11) is 4.08. The average molecular weight is 273 g/mol. The molecule has 1 aromatic carbocycles. The maximum absolute atomic E-state index is 13.1. The highest BCUT2D eigenvalue weighted by atomic mass is 16.5. The van der Waals surface area contributed by atoms with Crippen LogP contribution in [0.5, 0.6) is 5.75 Å². The Morgan fingerprint density at radius 1 is 1.20 bits per heavy atom. The molecule has 3 heteroatoms. The maximum Gasteiger partial charge on any atom is 0.183 e. The fraction of sp³-hybridized carbons (Fsp3) is 0.588. The van der Waals surface area contributed by atoms with Gasteiger partial charge in [-0.15, -0.1) is 0 Å². The van der Waals surface area contributed by atoms with E-state index >= 15 is 0 Å². The summed E-state index contributed by atoms with van der Waals surface area (Å²) in [5.41, 5.74) is 1.73. The van der Waals surface area contributed by atoms with Gasteiger partial charge in [-0.3, -0.25) is 9.69 Å². The molecule has 1 fully saturated rings. The van der Waals surface area contributed by atoms with Gasteiger partial charge >= 0.3 is 0 Å². The van der Waals surface area contributed by atoms with E-state index in [0.29, 0.717) is 0 Å². The minimum Gasteiger partial charge on any atom is -0.493 e. The zero-order valence-corrected chi connectivity index (χ0v) is 12.4. The molecule has 1 aromatic rings. The van der Waals surface area contributed by atoms with Gasteiger partial charge in [0.25, 0.3) is 0 Å². The highest BCUT2D eigenvalue weighted by Crippen LogP contribution is 2.36. The standard InChI is InChI=1S/C17H23NO2/c1-18(2)17(9-4-3-5-10-17)16(19)14-6-7-15-13(12-14)8-11-20-15/h6-7,12H,3-5,8-11H2,1-2H3. The van der Waals surface area contributed by atoms with Gasteiger partial charge in [-0.05, 0) is 50.7 Å². The second-order valence-electron chi connectivity index (χ2n) is 6.24.